The minimum absolute atomic E-state index is 0.286. The van der Waals surface area contributed by atoms with Crippen LogP contribution in [0.3, 0.4) is 0 Å². The van der Waals surface area contributed by atoms with Crippen molar-refractivity contribution < 1.29 is 4.79 Å². The molecular weight excluding hydrogens is 274 g/mol. The summed E-state index contributed by atoms with van der Waals surface area (Å²) < 4.78 is 0. The van der Waals surface area contributed by atoms with Gasteiger partial charge in [0.25, 0.3) is 5.91 Å². The lowest BCUT2D eigenvalue weighted by Crippen LogP contribution is -2.19. The van der Waals surface area contributed by atoms with E-state index in [0.29, 0.717) is 16.3 Å². The molecule has 0 fully saturated rings. The summed E-state index contributed by atoms with van der Waals surface area (Å²) in [6, 6.07) is 10.8. The van der Waals surface area contributed by atoms with Gasteiger partial charge in [0, 0.05) is 16.9 Å². The van der Waals surface area contributed by atoms with Crippen LogP contribution in [0.4, 0.5) is 0 Å². The standard InChI is InChI=1S/C15H14ClN3O/c1-10-3-4-13(9-17-10)15(20)19-18-11(2)12-5-7-14(16)8-6-12/h3-9H,1-2H3,(H,19,20)/b18-11-. The van der Waals surface area contributed by atoms with Crippen LogP contribution in [0.25, 0.3) is 0 Å². The fourth-order valence-corrected chi connectivity index (χ4v) is 1.68. The lowest BCUT2D eigenvalue weighted by Gasteiger charge is -2.03. The Morgan fingerprint density at radius 1 is 1.15 bits per heavy atom. The molecule has 0 unspecified atom stereocenters. The van der Waals surface area contributed by atoms with Crippen molar-refractivity contribution in [3.63, 3.8) is 0 Å². The second kappa shape index (κ2) is 6.30. The van der Waals surface area contributed by atoms with Gasteiger partial charge in [-0.25, -0.2) is 5.43 Å². The molecule has 1 aromatic heterocycles. The molecule has 0 saturated carbocycles. The van der Waals surface area contributed by atoms with Gasteiger partial charge in [-0.15, -0.1) is 0 Å². The van der Waals surface area contributed by atoms with Crippen molar-refractivity contribution in [1.29, 1.82) is 0 Å². The van der Waals surface area contributed by atoms with Crippen LogP contribution in [-0.2, 0) is 0 Å². The highest BCUT2D eigenvalue weighted by Gasteiger charge is 2.05. The predicted molar refractivity (Wildman–Crippen MR) is 80.1 cm³/mol. The lowest BCUT2D eigenvalue weighted by molar-refractivity contribution is 0.0954. The largest absolute Gasteiger partial charge is 0.272 e. The highest BCUT2D eigenvalue weighted by molar-refractivity contribution is 6.30. The number of carbonyl (C=O) groups excluding carboxylic acids is 1. The van der Waals surface area contributed by atoms with Crippen LogP contribution in [0.1, 0.15) is 28.5 Å². The molecule has 102 valence electrons. The molecule has 4 nitrogen and oxygen atoms in total. The summed E-state index contributed by atoms with van der Waals surface area (Å²) in [6.07, 6.45) is 1.53. The number of hydrazone groups is 1. The highest BCUT2D eigenvalue weighted by Crippen LogP contribution is 2.10. The van der Waals surface area contributed by atoms with Gasteiger partial charge in [0.1, 0.15) is 0 Å². The van der Waals surface area contributed by atoms with Gasteiger partial charge >= 0.3 is 0 Å². The number of hydrogen-bond donors (Lipinski definition) is 1. The van der Waals surface area contributed by atoms with E-state index < -0.39 is 0 Å². The second-order valence-corrected chi connectivity index (χ2v) is 4.77. The molecule has 5 heteroatoms. The molecular formula is C15H14ClN3O. The van der Waals surface area contributed by atoms with Crippen LogP contribution < -0.4 is 5.43 Å². The number of hydrogen-bond acceptors (Lipinski definition) is 3. The molecule has 0 aliphatic rings. The van der Waals surface area contributed by atoms with Crippen LogP contribution in [0, 0.1) is 6.92 Å². The minimum Gasteiger partial charge on any atom is -0.267 e. The number of carbonyl (C=O) groups is 1. The molecule has 0 aliphatic carbocycles. The zero-order valence-electron chi connectivity index (χ0n) is 11.2. The average Bonchev–Trinajstić information content (AvgIpc) is 2.46. The Morgan fingerprint density at radius 3 is 2.40 bits per heavy atom. The average molecular weight is 288 g/mol. The number of rotatable bonds is 3. The van der Waals surface area contributed by atoms with E-state index >= 15 is 0 Å². The normalized spacial score (nSPS) is 11.2. The molecule has 0 radical (unpaired) electrons. The van der Waals surface area contributed by atoms with Crippen LogP contribution in [0.15, 0.2) is 47.7 Å². The summed E-state index contributed by atoms with van der Waals surface area (Å²) in [5, 5.41) is 4.73. The van der Waals surface area contributed by atoms with E-state index in [1.54, 1.807) is 24.3 Å². The van der Waals surface area contributed by atoms with E-state index in [4.69, 9.17) is 11.6 Å². The number of aromatic nitrogens is 1. The van der Waals surface area contributed by atoms with E-state index in [-0.39, 0.29) is 5.91 Å². The van der Waals surface area contributed by atoms with Crippen molar-refractivity contribution in [1.82, 2.24) is 10.4 Å². The SMILES string of the molecule is C/C(=N/NC(=O)c1ccc(C)nc1)c1ccc(Cl)cc1. The first kappa shape index (κ1) is 14.2. The number of benzene rings is 1. The molecule has 1 amide bonds. The van der Waals surface area contributed by atoms with Crippen molar-refractivity contribution in [2.24, 2.45) is 5.10 Å². The zero-order valence-corrected chi connectivity index (χ0v) is 12.0. The van der Waals surface area contributed by atoms with Gasteiger partial charge < -0.3 is 0 Å². The van der Waals surface area contributed by atoms with Gasteiger partial charge in [-0.05, 0) is 43.7 Å². The summed E-state index contributed by atoms with van der Waals surface area (Å²) in [4.78, 5) is 15.9. The van der Waals surface area contributed by atoms with Crippen LogP contribution >= 0.6 is 11.6 Å². The number of pyridine rings is 1. The number of halogens is 1. The third-order valence-electron chi connectivity index (χ3n) is 2.76. The Labute approximate surface area is 122 Å². The molecule has 1 N–H and O–H groups in total. The Hall–Kier alpha value is -2.20. The lowest BCUT2D eigenvalue weighted by atomic mass is 10.1. The number of nitrogens with zero attached hydrogens (tertiary/aromatic N) is 2. The summed E-state index contributed by atoms with van der Waals surface area (Å²) in [5.74, 6) is -0.286. The first-order valence-electron chi connectivity index (χ1n) is 6.09. The highest BCUT2D eigenvalue weighted by atomic mass is 35.5. The summed E-state index contributed by atoms with van der Waals surface area (Å²) in [7, 11) is 0. The zero-order chi connectivity index (χ0) is 14.5. The van der Waals surface area contributed by atoms with Gasteiger partial charge in [0.05, 0.1) is 11.3 Å². The van der Waals surface area contributed by atoms with Crippen molar-refractivity contribution in [2.75, 3.05) is 0 Å². The third kappa shape index (κ3) is 3.65. The Bertz CT molecular complexity index is 633. The first-order chi connectivity index (χ1) is 9.56. The first-order valence-corrected chi connectivity index (χ1v) is 6.47. The van der Waals surface area contributed by atoms with E-state index in [1.165, 1.54) is 6.20 Å². The number of nitrogens with one attached hydrogen (secondary N) is 1. The number of amides is 1. The van der Waals surface area contributed by atoms with Crippen LogP contribution in [0.5, 0.6) is 0 Å². The predicted octanol–water partition coefficient (Wildman–Crippen LogP) is 3.20. The Kier molecular flexibility index (Phi) is 4.48. The van der Waals surface area contributed by atoms with Gasteiger partial charge in [0.2, 0.25) is 0 Å². The van der Waals surface area contributed by atoms with Crippen molar-refractivity contribution in [3.05, 3.63) is 64.4 Å². The maximum atomic E-state index is 11.9. The number of aryl methyl sites for hydroxylation is 1. The smallest absolute Gasteiger partial charge is 0.267 e. The fourth-order valence-electron chi connectivity index (χ4n) is 1.56. The Morgan fingerprint density at radius 2 is 1.80 bits per heavy atom. The van der Waals surface area contributed by atoms with E-state index in [9.17, 15) is 4.79 Å². The van der Waals surface area contributed by atoms with Crippen LogP contribution in [0.2, 0.25) is 5.02 Å². The maximum Gasteiger partial charge on any atom is 0.272 e. The van der Waals surface area contributed by atoms with Gasteiger partial charge in [-0.1, -0.05) is 23.7 Å². The molecule has 20 heavy (non-hydrogen) atoms. The maximum absolute atomic E-state index is 11.9. The molecule has 0 aliphatic heterocycles. The summed E-state index contributed by atoms with van der Waals surface area (Å²) >= 11 is 5.82. The van der Waals surface area contributed by atoms with E-state index in [1.807, 2.05) is 26.0 Å². The second-order valence-electron chi connectivity index (χ2n) is 4.33. The topological polar surface area (TPSA) is 54.4 Å². The molecule has 0 atom stereocenters. The minimum atomic E-state index is -0.286. The van der Waals surface area contributed by atoms with E-state index in [0.717, 1.165) is 11.3 Å². The molecule has 0 spiro atoms. The molecule has 0 saturated heterocycles. The molecule has 0 bridgehead atoms. The Balaban J connectivity index is 2.06. The fraction of sp³-hybridized carbons (Fsp3) is 0.133. The van der Waals surface area contributed by atoms with Gasteiger partial charge in [-0.3, -0.25) is 9.78 Å². The van der Waals surface area contributed by atoms with Crippen LogP contribution in [-0.4, -0.2) is 16.6 Å². The van der Waals surface area contributed by atoms with Gasteiger partial charge in [-0.2, -0.15) is 5.10 Å². The summed E-state index contributed by atoms with van der Waals surface area (Å²) in [6.45, 7) is 3.68. The molecule has 2 rings (SSSR count). The third-order valence-corrected chi connectivity index (χ3v) is 3.01. The molecule has 1 heterocycles. The molecule has 2 aromatic rings. The van der Waals surface area contributed by atoms with Crippen molar-refractivity contribution in [3.8, 4) is 0 Å². The van der Waals surface area contributed by atoms with Gasteiger partial charge in [0.15, 0.2) is 0 Å². The quantitative estimate of drug-likeness (QED) is 0.696. The van der Waals surface area contributed by atoms with Crippen molar-refractivity contribution >= 4 is 23.2 Å². The monoisotopic (exact) mass is 287 g/mol. The van der Waals surface area contributed by atoms with E-state index in [2.05, 4.69) is 15.5 Å². The molecule has 1 aromatic carbocycles. The summed E-state index contributed by atoms with van der Waals surface area (Å²) in [5.41, 5.74) is 5.45. The van der Waals surface area contributed by atoms with Crippen molar-refractivity contribution in [2.45, 2.75) is 13.8 Å².